The molecular formula is C13H19N3O. The fourth-order valence-corrected chi connectivity index (χ4v) is 3.15. The standard InChI is InChI=1S/C13H19N3O/c1-17-12-6-14-13(15-7-12)16-8-10-4-2-3-5-11(10)9-16/h6-7,10-11H,2-5,8-9H2,1H3. The Balaban J connectivity index is 1.72. The first kappa shape index (κ1) is 10.8. The Morgan fingerprint density at radius 1 is 1.12 bits per heavy atom. The molecule has 1 aliphatic heterocycles. The molecule has 0 spiro atoms. The summed E-state index contributed by atoms with van der Waals surface area (Å²) in [7, 11) is 1.64. The van der Waals surface area contributed by atoms with Gasteiger partial charge in [-0.2, -0.15) is 0 Å². The van der Waals surface area contributed by atoms with Crippen molar-refractivity contribution in [1.29, 1.82) is 0 Å². The van der Waals surface area contributed by atoms with Crippen LogP contribution < -0.4 is 9.64 Å². The number of nitrogens with zero attached hydrogens (tertiary/aromatic N) is 3. The summed E-state index contributed by atoms with van der Waals surface area (Å²) in [5.41, 5.74) is 0. The van der Waals surface area contributed by atoms with Crippen molar-refractivity contribution in [2.24, 2.45) is 11.8 Å². The zero-order chi connectivity index (χ0) is 11.7. The monoisotopic (exact) mass is 233 g/mol. The summed E-state index contributed by atoms with van der Waals surface area (Å²) >= 11 is 0. The number of anilines is 1. The lowest BCUT2D eigenvalue weighted by Crippen LogP contribution is -2.22. The highest BCUT2D eigenvalue weighted by atomic mass is 16.5. The van der Waals surface area contributed by atoms with Gasteiger partial charge in [-0.15, -0.1) is 0 Å². The molecular weight excluding hydrogens is 214 g/mol. The van der Waals surface area contributed by atoms with Gasteiger partial charge in [-0.3, -0.25) is 0 Å². The highest BCUT2D eigenvalue weighted by Gasteiger charge is 2.35. The molecule has 92 valence electrons. The minimum absolute atomic E-state index is 0.727. The van der Waals surface area contributed by atoms with Gasteiger partial charge in [-0.05, 0) is 24.7 Å². The smallest absolute Gasteiger partial charge is 0.225 e. The van der Waals surface area contributed by atoms with Gasteiger partial charge in [0, 0.05) is 13.1 Å². The van der Waals surface area contributed by atoms with Gasteiger partial charge in [0.25, 0.3) is 0 Å². The molecule has 2 unspecified atom stereocenters. The third kappa shape index (κ3) is 2.08. The van der Waals surface area contributed by atoms with E-state index < -0.39 is 0 Å². The van der Waals surface area contributed by atoms with E-state index in [-0.39, 0.29) is 0 Å². The van der Waals surface area contributed by atoms with Crippen molar-refractivity contribution >= 4 is 5.95 Å². The first-order valence-corrected chi connectivity index (χ1v) is 6.48. The normalized spacial score (nSPS) is 27.9. The minimum Gasteiger partial charge on any atom is -0.494 e. The lowest BCUT2D eigenvalue weighted by atomic mass is 9.82. The van der Waals surface area contributed by atoms with E-state index in [4.69, 9.17) is 4.74 Å². The molecule has 1 saturated heterocycles. The average molecular weight is 233 g/mol. The predicted molar refractivity (Wildman–Crippen MR) is 66.2 cm³/mol. The summed E-state index contributed by atoms with van der Waals surface area (Å²) < 4.78 is 5.08. The Morgan fingerprint density at radius 2 is 1.71 bits per heavy atom. The SMILES string of the molecule is COc1cnc(N2CC3CCCCC3C2)nc1. The number of fused-ring (bicyclic) bond motifs is 1. The zero-order valence-corrected chi connectivity index (χ0v) is 10.3. The molecule has 1 aromatic rings. The largest absolute Gasteiger partial charge is 0.494 e. The molecule has 1 aromatic heterocycles. The van der Waals surface area contributed by atoms with Gasteiger partial charge >= 0.3 is 0 Å². The lowest BCUT2D eigenvalue weighted by Gasteiger charge is -2.22. The third-order valence-electron chi connectivity index (χ3n) is 4.11. The van der Waals surface area contributed by atoms with Gasteiger partial charge in [0.15, 0.2) is 5.75 Å². The Hall–Kier alpha value is -1.32. The van der Waals surface area contributed by atoms with Gasteiger partial charge in [0.1, 0.15) is 0 Å². The fourth-order valence-electron chi connectivity index (χ4n) is 3.15. The molecule has 2 fully saturated rings. The maximum atomic E-state index is 5.08. The van der Waals surface area contributed by atoms with Crippen LogP contribution in [0.4, 0.5) is 5.95 Å². The Labute approximate surface area is 102 Å². The van der Waals surface area contributed by atoms with Crippen LogP contribution >= 0.6 is 0 Å². The Morgan fingerprint density at radius 3 is 2.24 bits per heavy atom. The first-order valence-electron chi connectivity index (χ1n) is 6.48. The fraction of sp³-hybridized carbons (Fsp3) is 0.692. The van der Waals surface area contributed by atoms with Crippen molar-refractivity contribution in [1.82, 2.24) is 9.97 Å². The predicted octanol–water partition coefficient (Wildman–Crippen LogP) is 2.11. The summed E-state index contributed by atoms with van der Waals surface area (Å²) in [4.78, 5) is 11.1. The molecule has 0 N–H and O–H groups in total. The highest BCUT2D eigenvalue weighted by molar-refractivity contribution is 5.33. The van der Waals surface area contributed by atoms with E-state index in [0.717, 1.165) is 36.6 Å². The molecule has 1 aliphatic carbocycles. The zero-order valence-electron chi connectivity index (χ0n) is 10.3. The number of hydrogen-bond acceptors (Lipinski definition) is 4. The van der Waals surface area contributed by atoms with Crippen LogP contribution in [0.3, 0.4) is 0 Å². The van der Waals surface area contributed by atoms with E-state index in [1.807, 2.05) is 0 Å². The summed E-state index contributed by atoms with van der Waals surface area (Å²) in [5.74, 6) is 3.33. The second kappa shape index (κ2) is 4.51. The molecule has 2 heterocycles. The average Bonchev–Trinajstić information content (AvgIpc) is 2.82. The molecule has 0 amide bonds. The number of hydrogen-bond donors (Lipinski definition) is 0. The van der Waals surface area contributed by atoms with E-state index in [9.17, 15) is 0 Å². The maximum Gasteiger partial charge on any atom is 0.225 e. The van der Waals surface area contributed by atoms with E-state index in [0.29, 0.717) is 0 Å². The number of methoxy groups -OCH3 is 1. The minimum atomic E-state index is 0.727. The van der Waals surface area contributed by atoms with Crippen LogP contribution in [0.5, 0.6) is 5.75 Å². The van der Waals surface area contributed by atoms with Crippen molar-refractivity contribution in [3.05, 3.63) is 12.4 Å². The van der Waals surface area contributed by atoms with Gasteiger partial charge in [-0.1, -0.05) is 12.8 Å². The second-order valence-corrected chi connectivity index (χ2v) is 5.13. The Bertz CT molecular complexity index is 365. The van der Waals surface area contributed by atoms with Crippen LogP contribution in [0.2, 0.25) is 0 Å². The molecule has 4 heteroatoms. The molecule has 4 nitrogen and oxygen atoms in total. The van der Waals surface area contributed by atoms with Crippen LogP contribution in [-0.4, -0.2) is 30.2 Å². The maximum absolute atomic E-state index is 5.08. The topological polar surface area (TPSA) is 38.2 Å². The van der Waals surface area contributed by atoms with Crippen LogP contribution in [0.15, 0.2) is 12.4 Å². The van der Waals surface area contributed by atoms with Crippen LogP contribution in [-0.2, 0) is 0 Å². The van der Waals surface area contributed by atoms with Crippen molar-refractivity contribution in [2.45, 2.75) is 25.7 Å². The van der Waals surface area contributed by atoms with Crippen molar-refractivity contribution in [3.8, 4) is 5.75 Å². The molecule has 2 atom stereocenters. The van der Waals surface area contributed by atoms with E-state index >= 15 is 0 Å². The summed E-state index contributed by atoms with van der Waals surface area (Å²) in [5, 5.41) is 0. The molecule has 17 heavy (non-hydrogen) atoms. The molecule has 0 bridgehead atoms. The Kier molecular flexibility index (Phi) is 2.87. The second-order valence-electron chi connectivity index (χ2n) is 5.13. The number of rotatable bonds is 2. The quantitative estimate of drug-likeness (QED) is 0.784. The molecule has 1 saturated carbocycles. The van der Waals surface area contributed by atoms with Crippen LogP contribution in [0.1, 0.15) is 25.7 Å². The number of aromatic nitrogens is 2. The molecule has 0 radical (unpaired) electrons. The lowest BCUT2D eigenvalue weighted by molar-refractivity contribution is 0.299. The number of ether oxygens (including phenoxy) is 1. The van der Waals surface area contributed by atoms with Crippen molar-refractivity contribution in [2.75, 3.05) is 25.1 Å². The van der Waals surface area contributed by atoms with E-state index in [1.54, 1.807) is 19.5 Å². The molecule has 0 aromatic carbocycles. The first-order chi connectivity index (χ1) is 8.36. The summed E-state index contributed by atoms with van der Waals surface area (Å²) in [6, 6.07) is 0. The molecule has 3 rings (SSSR count). The van der Waals surface area contributed by atoms with Crippen molar-refractivity contribution in [3.63, 3.8) is 0 Å². The van der Waals surface area contributed by atoms with E-state index in [2.05, 4.69) is 14.9 Å². The van der Waals surface area contributed by atoms with Crippen LogP contribution in [0.25, 0.3) is 0 Å². The third-order valence-corrected chi connectivity index (χ3v) is 4.11. The highest BCUT2D eigenvalue weighted by Crippen LogP contribution is 2.37. The van der Waals surface area contributed by atoms with Gasteiger partial charge < -0.3 is 9.64 Å². The van der Waals surface area contributed by atoms with Gasteiger partial charge in [0.2, 0.25) is 5.95 Å². The van der Waals surface area contributed by atoms with Crippen molar-refractivity contribution < 1.29 is 4.74 Å². The van der Waals surface area contributed by atoms with Gasteiger partial charge in [-0.25, -0.2) is 9.97 Å². The van der Waals surface area contributed by atoms with E-state index in [1.165, 1.54) is 25.7 Å². The molecule has 2 aliphatic rings. The van der Waals surface area contributed by atoms with Crippen LogP contribution in [0, 0.1) is 11.8 Å². The summed E-state index contributed by atoms with van der Waals surface area (Å²) in [6.45, 7) is 2.27. The summed E-state index contributed by atoms with van der Waals surface area (Å²) in [6.07, 6.45) is 9.08. The van der Waals surface area contributed by atoms with Gasteiger partial charge in [0.05, 0.1) is 19.5 Å².